The number of nitrogens with zero attached hydrogens (tertiary/aromatic N) is 2. The van der Waals surface area contributed by atoms with Crippen LogP contribution in [-0.2, 0) is 0 Å². The number of halogens is 1. The van der Waals surface area contributed by atoms with E-state index in [-0.39, 0.29) is 6.61 Å². The predicted molar refractivity (Wildman–Crippen MR) is 77.7 cm³/mol. The zero-order valence-electron chi connectivity index (χ0n) is 10.9. The van der Waals surface area contributed by atoms with Gasteiger partial charge in [0.15, 0.2) is 0 Å². The number of aliphatic hydroxyl groups is 1. The van der Waals surface area contributed by atoms with Crippen molar-refractivity contribution in [1.82, 2.24) is 0 Å². The lowest BCUT2D eigenvalue weighted by Crippen LogP contribution is -2.37. The van der Waals surface area contributed by atoms with E-state index in [0.717, 1.165) is 23.0 Å². The van der Waals surface area contributed by atoms with Gasteiger partial charge in [0.25, 0.3) is 0 Å². The summed E-state index contributed by atoms with van der Waals surface area (Å²) in [7, 11) is 0. The van der Waals surface area contributed by atoms with Gasteiger partial charge in [0.1, 0.15) is 6.07 Å². The molecule has 0 saturated carbocycles. The SMILES string of the molecule is CCC(CC)N(CCO)c1ccc(Br)cc1C#N. The van der Waals surface area contributed by atoms with Crippen LogP contribution in [0, 0.1) is 11.3 Å². The van der Waals surface area contributed by atoms with Gasteiger partial charge in [-0.25, -0.2) is 0 Å². The Balaban J connectivity index is 3.16. The van der Waals surface area contributed by atoms with E-state index in [1.54, 1.807) is 0 Å². The van der Waals surface area contributed by atoms with Crippen molar-refractivity contribution in [3.63, 3.8) is 0 Å². The fourth-order valence-electron chi connectivity index (χ4n) is 2.19. The molecule has 0 aliphatic carbocycles. The molecule has 1 N–H and O–H groups in total. The Hall–Kier alpha value is -1.05. The van der Waals surface area contributed by atoms with E-state index in [2.05, 4.69) is 40.7 Å². The van der Waals surface area contributed by atoms with E-state index < -0.39 is 0 Å². The summed E-state index contributed by atoms with van der Waals surface area (Å²) in [5.74, 6) is 0. The highest BCUT2D eigenvalue weighted by Gasteiger charge is 2.18. The second-order valence-electron chi connectivity index (χ2n) is 4.16. The van der Waals surface area contributed by atoms with E-state index >= 15 is 0 Å². The number of hydrogen-bond acceptors (Lipinski definition) is 3. The molecule has 18 heavy (non-hydrogen) atoms. The van der Waals surface area contributed by atoms with Crippen LogP contribution in [0.1, 0.15) is 32.3 Å². The molecule has 1 aromatic rings. The smallest absolute Gasteiger partial charge is 0.101 e. The molecule has 0 spiro atoms. The average molecular weight is 311 g/mol. The maximum Gasteiger partial charge on any atom is 0.101 e. The molecule has 0 unspecified atom stereocenters. The molecule has 0 heterocycles. The third kappa shape index (κ3) is 3.47. The lowest BCUT2D eigenvalue weighted by Gasteiger charge is -2.32. The topological polar surface area (TPSA) is 47.3 Å². The highest BCUT2D eigenvalue weighted by molar-refractivity contribution is 9.10. The Morgan fingerprint density at radius 1 is 1.39 bits per heavy atom. The molecule has 3 nitrogen and oxygen atoms in total. The van der Waals surface area contributed by atoms with E-state index in [9.17, 15) is 10.4 Å². The normalized spacial score (nSPS) is 10.4. The van der Waals surface area contributed by atoms with E-state index in [0.29, 0.717) is 18.2 Å². The van der Waals surface area contributed by atoms with Gasteiger partial charge < -0.3 is 10.0 Å². The maximum atomic E-state index is 9.23. The van der Waals surface area contributed by atoms with Crippen LogP contribution < -0.4 is 4.90 Å². The summed E-state index contributed by atoms with van der Waals surface area (Å²) in [6.45, 7) is 4.91. The van der Waals surface area contributed by atoms with Gasteiger partial charge in [-0.3, -0.25) is 0 Å². The maximum absolute atomic E-state index is 9.23. The number of aliphatic hydroxyl groups excluding tert-OH is 1. The van der Waals surface area contributed by atoms with Crippen LogP contribution >= 0.6 is 15.9 Å². The molecule has 4 heteroatoms. The van der Waals surface area contributed by atoms with Crippen LogP contribution in [0.15, 0.2) is 22.7 Å². The van der Waals surface area contributed by atoms with Crippen molar-refractivity contribution in [1.29, 1.82) is 5.26 Å². The van der Waals surface area contributed by atoms with Crippen molar-refractivity contribution in [2.24, 2.45) is 0 Å². The van der Waals surface area contributed by atoms with E-state index in [4.69, 9.17) is 0 Å². The fraction of sp³-hybridized carbons (Fsp3) is 0.500. The van der Waals surface area contributed by atoms with E-state index in [1.807, 2.05) is 18.2 Å². The summed E-state index contributed by atoms with van der Waals surface area (Å²) in [6.07, 6.45) is 1.99. The van der Waals surface area contributed by atoms with Crippen LogP contribution in [0.4, 0.5) is 5.69 Å². The Labute approximate surface area is 117 Å². The van der Waals surface area contributed by atoms with Gasteiger partial charge >= 0.3 is 0 Å². The number of hydrogen-bond donors (Lipinski definition) is 1. The number of rotatable bonds is 6. The molecule has 0 bridgehead atoms. The first kappa shape index (κ1) is 15.0. The third-order valence-electron chi connectivity index (χ3n) is 3.11. The van der Waals surface area contributed by atoms with Crippen molar-refractivity contribution >= 4 is 21.6 Å². The molecule has 0 radical (unpaired) electrons. The minimum absolute atomic E-state index is 0.0947. The Bertz CT molecular complexity index is 424. The van der Waals surface area contributed by atoms with Crippen LogP contribution in [-0.4, -0.2) is 24.3 Å². The second-order valence-corrected chi connectivity index (χ2v) is 5.08. The molecule has 0 fully saturated rings. The first-order valence-corrected chi connectivity index (χ1v) is 7.04. The first-order valence-electron chi connectivity index (χ1n) is 6.25. The molecule has 0 saturated heterocycles. The van der Waals surface area contributed by atoms with Gasteiger partial charge in [0, 0.05) is 17.1 Å². The van der Waals surface area contributed by atoms with Gasteiger partial charge in [-0.05, 0) is 31.0 Å². The van der Waals surface area contributed by atoms with Crippen molar-refractivity contribution < 1.29 is 5.11 Å². The standard InChI is InChI=1S/C14H19BrN2O/c1-3-13(4-2)17(7-8-18)14-6-5-12(15)9-11(14)10-16/h5-6,9,13,18H,3-4,7-8H2,1-2H3. The summed E-state index contributed by atoms with van der Waals surface area (Å²) in [6, 6.07) is 8.27. The lowest BCUT2D eigenvalue weighted by molar-refractivity contribution is 0.296. The minimum atomic E-state index is 0.0947. The zero-order chi connectivity index (χ0) is 13.5. The largest absolute Gasteiger partial charge is 0.395 e. The van der Waals surface area contributed by atoms with Gasteiger partial charge in [-0.2, -0.15) is 5.26 Å². The quantitative estimate of drug-likeness (QED) is 0.877. The monoisotopic (exact) mass is 310 g/mol. The Morgan fingerprint density at radius 2 is 2.06 bits per heavy atom. The third-order valence-corrected chi connectivity index (χ3v) is 3.61. The van der Waals surface area contributed by atoms with Gasteiger partial charge in [0.2, 0.25) is 0 Å². The van der Waals surface area contributed by atoms with E-state index in [1.165, 1.54) is 0 Å². The van der Waals surface area contributed by atoms with Crippen molar-refractivity contribution in [3.8, 4) is 6.07 Å². The summed E-state index contributed by atoms with van der Waals surface area (Å²) in [4.78, 5) is 2.13. The fourth-order valence-corrected chi connectivity index (χ4v) is 2.55. The molecule has 0 aliphatic heterocycles. The molecule has 1 aromatic carbocycles. The number of benzene rings is 1. The Kier molecular flexibility index (Phi) is 6.17. The van der Waals surface area contributed by atoms with Crippen molar-refractivity contribution in [2.45, 2.75) is 32.7 Å². The summed E-state index contributed by atoms with van der Waals surface area (Å²) >= 11 is 3.38. The van der Waals surface area contributed by atoms with Gasteiger partial charge in [-0.1, -0.05) is 29.8 Å². The highest BCUT2D eigenvalue weighted by atomic mass is 79.9. The highest BCUT2D eigenvalue weighted by Crippen LogP contribution is 2.27. The van der Waals surface area contributed by atoms with Crippen LogP contribution in [0.3, 0.4) is 0 Å². The average Bonchev–Trinajstić information content (AvgIpc) is 2.39. The summed E-state index contributed by atoms with van der Waals surface area (Å²) < 4.78 is 0.899. The lowest BCUT2D eigenvalue weighted by atomic mass is 10.1. The molecule has 0 aliphatic rings. The minimum Gasteiger partial charge on any atom is -0.395 e. The molecule has 0 atom stereocenters. The summed E-state index contributed by atoms with van der Waals surface area (Å²) in [5.41, 5.74) is 1.55. The number of nitriles is 1. The predicted octanol–water partition coefficient (Wildman–Crippen LogP) is 3.31. The Morgan fingerprint density at radius 3 is 2.56 bits per heavy atom. The van der Waals surface area contributed by atoms with Crippen LogP contribution in [0.25, 0.3) is 0 Å². The van der Waals surface area contributed by atoms with Gasteiger partial charge in [-0.15, -0.1) is 0 Å². The molecular weight excluding hydrogens is 292 g/mol. The van der Waals surface area contributed by atoms with Crippen LogP contribution in [0.2, 0.25) is 0 Å². The van der Waals surface area contributed by atoms with Gasteiger partial charge in [0.05, 0.1) is 17.9 Å². The van der Waals surface area contributed by atoms with Crippen LogP contribution in [0.5, 0.6) is 0 Å². The second kappa shape index (κ2) is 7.40. The molecular formula is C14H19BrN2O. The molecule has 98 valence electrons. The number of anilines is 1. The summed E-state index contributed by atoms with van der Waals surface area (Å²) in [5, 5.41) is 18.4. The van der Waals surface area contributed by atoms with Crippen molar-refractivity contribution in [3.05, 3.63) is 28.2 Å². The molecule has 0 aromatic heterocycles. The first-order chi connectivity index (χ1) is 8.67. The zero-order valence-corrected chi connectivity index (χ0v) is 12.4. The molecule has 1 rings (SSSR count). The van der Waals surface area contributed by atoms with Crippen molar-refractivity contribution in [2.75, 3.05) is 18.1 Å². The molecule has 0 amide bonds.